The molecule has 0 spiro atoms. The topological polar surface area (TPSA) is 78.0 Å². The van der Waals surface area contributed by atoms with E-state index in [1.807, 2.05) is 0 Å². The molecule has 0 aliphatic rings. The van der Waals surface area contributed by atoms with Crippen LogP contribution in [-0.4, -0.2) is 18.2 Å². The van der Waals surface area contributed by atoms with E-state index in [2.05, 4.69) is 17.1 Å². The normalized spacial score (nSPS) is 11.8. The first-order valence-corrected chi connectivity index (χ1v) is 9.91. The Bertz CT molecular complexity index is 1230. The number of nitrogens with two attached hydrogens (primary N) is 1. The molecule has 9 heteroatoms. The molecule has 0 aliphatic heterocycles. The van der Waals surface area contributed by atoms with Crippen molar-refractivity contribution in [2.75, 3.05) is 0 Å². The lowest BCUT2D eigenvalue weighted by atomic mass is 9.97. The van der Waals surface area contributed by atoms with E-state index < -0.39 is 21.9 Å². The number of benzene rings is 2. The smallest absolute Gasteiger partial charge is 0.225 e. The number of halogens is 3. The first-order chi connectivity index (χ1) is 13.5. The van der Waals surface area contributed by atoms with E-state index in [9.17, 15) is 21.6 Å². The number of hydrogen-bond acceptors (Lipinski definition) is 3. The fourth-order valence-corrected chi connectivity index (χ4v) is 3.70. The van der Waals surface area contributed by atoms with Gasteiger partial charge in [-0.2, -0.15) is 23.0 Å². The van der Waals surface area contributed by atoms with E-state index in [1.165, 1.54) is 43.3 Å². The monoisotopic (exact) mass is 419 g/mol. The lowest BCUT2D eigenvalue weighted by Crippen LogP contribution is -2.13. The van der Waals surface area contributed by atoms with Crippen LogP contribution in [0.4, 0.5) is 13.2 Å². The molecule has 0 fully saturated rings. The largest absolute Gasteiger partial charge is 0.434 e. The maximum absolute atomic E-state index is 14.0. The van der Waals surface area contributed by atoms with Gasteiger partial charge in [0.25, 0.3) is 0 Å². The molecule has 2 aromatic carbocycles. The molecule has 0 radical (unpaired) electrons. The molecule has 0 atom stereocenters. The number of primary sulfonamides is 1. The Balaban J connectivity index is 2.49. The Labute approximate surface area is 166 Å². The summed E-state index contributed by atoms with van der Waals surface area (Å²) < 4.78 is 66.6. The van der Waals surface area contributed by atoms with E-state index in [1.54, 1.807) is 19.1 Å². The number of aromatic nitrogens is 2. The molecule has 0 bridgehead atoms. The van der Waals surface area contributed by atoms with E-state index in [4.69, 9.17) is 5.14 Å². The van der Waals surface area contributed by atoms with Gasteiger partial charge in [-0.15, -0.1) is 0 Å². The fraction of sp³-hybridized carbons (Fsp3) is 0.150. The van der Waals surface area contributed by atoms with E-state index in [-0.39, 0.29) is 27.3 Å². The molecule has 5 nitrogen and oxygen atoms in total. The van der Waals surface area contributed by atoms with Crippen LogP contribution in [0.3, 0.4) is 0 Å². The van der Waals surface area contributed by atoms with Crippen molar-refractivity contribution in [3.8, 4) is 34.3 Å². The van der Waals surface area contributed by atoms with Crippen LogP contribution in [0.15, 0.2) is 53.4 Å². The minimum Gasteiger partial charge on any atom is -0.225 e. The molecule has 2 N–H and O–H groups in total. The van der Waals surface area contributed by atoms with Crippen molar-refractivity contribution >= 4 is 10.0 Å². The van der Waals surface area contributed by atoms with Crippen molar-refractivity contribution in [1.29, 1.82) is 0 Å². The molecule has 150 valence electrons. The van der Waals surface area contributed by atoms with Crippen molar-refractivity contribution in [2.45, 2.75) is 24.9 Å². The van der Waals surface area contributed by atoms with Gasteiger partial charge in [0, 0.05) is 17.2 Å². The first kappa shape index (κ1) is 20.6. The highest BCUT2D eigenvalue weighted by atomic mass is 32.2. The summed E-state index contributed by atoms with van der Waals surface area (Å²) in [4.78, 5) is -0.323. The number of aryl methyl sites for hydroxylation is 1. The molecule has 29 heavy (non-hydrogen) atoms. The molecule has 3 aromatic rings. The molecule has 1 aromatic heterocycles. The van der Waals surface area contributed by atoms with Gasteiger partial charge in [-0.05, 0) is 25.5 Å². The van der Waals surface area contributed by atoms with Crippen LogP contribution in [0.1, 0.15) is 18.2 Å². The summed E-state index contributed by atoms with van der Waals surface area (Å²) in [5.74, 6) is 2.40. The zero-order chi connectivity index (χ0) is 21.4. The second kappa shape index (κ2) is 7.39. The Morgan fingerprint density at radius 1 is 1.07 bits per heavy atom. The lowest BCUT2D eigenvalue weighted by molar-refractivity contribution is -0.142. The summed E-state index contributed by atoms with van der Waals surface area (Å²) in [5, 5.41) is 9.29. The van der Waals surface area contributed by atoms with Crippen molar-refractivity contribution in [2.24, 2.45) is 5.14 Å². The minimum absolute atomic E-state index is 0.0345. The van der Waals surface area contributed by atoms with E-state index in [0.29, 0.717) is 4.68 Å². The Morgan fingerprint density at radius 3 is 2.24 bits per heavy atom. The molecule has 0 unspecified atom stereocenters. The third kappa shape index (κ3) is 4.04. The Morgan fingerprint density at radius 2 is 1.69 bits per heavy atom. The predicted molar refractivity (Wildman–Crippen MR) is 103 cm³/mol. The van der Waals surface area contributed by atoms with Gasteiger partial charge in [-0.25, -0.2) is 13.6 Å². The van der Waals surface area contributed by atoms with Crippen molar-refractivity contribution < 1.29 is 21.6 Å². The van der Waals surface area contributed by atoms with Crippen LogP contribution in [-0.2, 0) is 16.2 Å². The van der Waals surface area contributed by atoms with Gasteiger partial charge in [0.1, 0.15) is 5.69 Å². The number of rotatable bonds is 3. The van der Waals surface area contributed by atoms with Crippen LogP contribution in [0.25, 0.3) is 22.4 Å². The molecule has 1 heterocycles. The first-order valence-electron chi connectivity index (χ1n) is 8.36. The fourth-order valence-electron chi connectivity index (χ4n) is 2.96. The summed E-state index contributed by atoms with van der Waals surface area (Å²) in [6, 6.07) is 14.2. The van der Waals surface area contributed by atoms with Crippen LogP contribution in [0.5, 0.6) is 0 Å². The zero-order valence-corrected chi connectivity index (χ0v) is 16.3. The summed E-state index contributed by atoms with van der Waals surface area (Å²) in [6.07, 6.45) is -4.79. The van der Waals surface area contributed by atoms with Gasteiger partial charge >= 0.3 is 6.18 Å². The SMILES string of the molecule is CC#Cn1nc(-c2ccccc2S(N)(=O)=O)c(-c2ccc(C)cc2)c1C(F)(F)F. The highest BCUT2D eigenvalue weighted by Crippen LogP contribution is 2.43. The summed E-state index contributed by atoms with van der Waals surface area (Å²) in [5.41, 5.74) is -0.478. The highest BCUT2D eigenvalue weighted by molar-refractivity contribution is 7.89. The standard InChI is InChI=1S/C20H16F3N3O2S/c1-3-12-26-19(20(21,22)23)17(14-10-8-13(2)9-11-14)18(25-26)15-6-4-5-7-16(15)29(24,27)28/h4-11H,1-2H3,(H2,24,27,28). The molecule has 0 amide bonds. The summed E-state index contributed by atoms with van der Waals surface area (Å²) in [7, 11) is -4.21. The minimum atomic E-state index is -4.79. The van der Waals surface area contributed by atoms with Crippen molar-refractivity contribution in [3.05, 3.63) is 59.8 Å². The van der Waals surface area contributed by atoms with Gasteiger partial charge in [0.2, 0.25) is 10.0 Å². The summed E-state index contributed by atoms with van der Waals surface area (Å²) >= 11 is 0. The third-order valence-electron chi connectivity index (χ3n) is 4.16. The van der Waals surface area contributed by atoms with Gasteiger partial charge in [0.05, 0.1) is 4.90 Å². The molecule has 0 aliphatic carbocycles. The van der Waals surface area contributed by atoms with Gasteiger partial charge < -0.3 is 0 Å². The Hall–Kier alpha value is -3.09. The average Bonchev–Trinajstić information content (AvgIpc) is 3.01. The number of hydrogen-bond donors (Lipinski definition) is 1. The van der Waals surface area contributed by atoms with Crippen molar-refractivity contribution in [1.82, 2.24) is 9.78 Å². The van der Waals surface area contributed by atoms with Crippen molar-refractivity contribution in [3.63, 3.8) is 0 Å². The van der Waals surface area contributed by atoms with Crippen LogP contribution in [0.2, 0.25) is 0 Å². The molecular formula is C20H16F3N3O2S. The van der Waals surface area contributed by atoms with Gasteiger partial charge in [-0.3, -0.25) is 0 Å². The zero-order valence-electron chi connectivity index (χ0n) is 15.4. The van der Waals surface area contributed by atoms with Crippen LogP contribution in [0, 0.1) is 18.9 Å². The molecule has 0 saturated heterocycles. The van der Waals surface area contributed by atoms with Crippen LogP contribution >= 0.6 is 0 Å². The number of sulfonamides is 1. The summed E-state index contributed by atoms with van der Waals surface area (Å²) in [6.45, 7) is 3.18. The lowest BCUT2D eigenvalue weighted by Gasteiger charge is -2.12. The average molecular weight is 419 g/mol. The molecule has 3 rings (SSSR count). The molecular weight excluding hydrogens is 403 g/mol. The molecule has 0 saturated carbocycles. The maximum Gasteiger partial charge on any atom is 0.434 e. The highest BCUT2D eigenvalue weighted by Gasteiger charge is 2.41. The van der Waals surface area contributed by atoms with E-state index >= 15 is 0 Å². The number of nitrogens with zero attached hydrogens (tertiary/aromatic N) is 2. The third-order valence-corrected chi connectivity index (χ3v) is 5.13. The van der Waals surface area contributed by atoms with Gasteiger partial charge in [0.15, 0.2) is 5.69 Å². The van der Waals surface area contributed by atoms with Gasteiger partial charge in [-0.1, -0.05) is 53.9 Å². The van der Waals surface area contributed by atoms with Crippen LogP contribution < -0.4 is 5.14 Å². The Kier molecular flexibility index (Phi) is 5.26. The predicted octanol–water partition coefficient (Wildman–Crippen LogP) is 4.02. The maximum atomic E-state index is 14.0. The quantitative estimate of drug-likeness (QED) is 0.652. The number of alkyl halides is 3. The second-order valence-corrected chi connectivity index (χ2v) is 7.78. The van der Waals surface area contributed by atoms with E-state index in [0.717, 1.165) is 5.56 Å². The second-order valence-electron chi connectivity index (χ2n) is 6.25.